The number of nitrogens with zero attached hydrogens (tertiary/aromatic N) is 2. The van der Waals surface area contributed by atoms with E-state index in [9.17, 15) is 4.79 Å². The Morgan fingerprint density at radius 2 is 1.79 bits per heavy atom. The maximum atomic E-state index is 13.5. The van der Waals surface area contributed by atoms with Crippen LogP contribution in [-0.2, 0) is 11.3 Å². The predicted octanol–water partition coefficient (Wildman–Crippen LogP) is 5.90. The highest BCUT2D eigenvalue weighted by atomic mass is 32.2. The van der Waals surface area contributed by atoms with Gasteiger partial charge in [-0.2, -0.15) is 0 Å². The molecule has 0 fully saturated rings. The molecule has 28 heavy (non-hydrogen) atoms. The van der Waals surface area contributed by atoms with Gasteiger partial charge in [0.15, 0.2) is 0 Å². The number of aromatic nitrogens is 1. The fraction of sp³-hybridized carbons (Fsp3) is 0.292. The zero-order valence-electron chi connectivity index (χ0n) is 16.7. The second-order valence-electron chi connectivity index (χ2n) is 7.33. The fourth-order valence-electron chi connectivity index (χ4n) is 4.15. The summed E-state index contributed by atoms with van der Waals surface area (Å²) >= 11 is 1.69. The Bertz CT molecular complexity index is 1060. The minimum absolute atomic E-state index is 0.198. The average molecular weight is 390 g/mol. The van der Waals surface area contributed by atoms with E-state index in [-0.39, 0.29) is 11.2 Å². The molecular formula is C24H26N2OS. The van der Waals surface area contributed by atoms with Crippen LogP contribution >= 0.6 is 11.8 Å². The summed E-state index contributed by atoms with van der Waals surface area (Å²) in [5.41, 5.74) is 5.81. The molecule has 1 aromatic heterocycles. The molecule has 2 aromatic carbocycles. The number of carbonyl (C=O) groups excluding carboxylic acids is 1. The molecule has 4 heteroatoms. The van der Waals surface area contributed by atoms with E-state index in [0.29, 0.717) is 0 Å². The van der Waals surface area contributed by atoms with Crippen LogP contribution in [0.5, 0.6) is 0 Å². The molecule has 0 saturated heterocycles. The lowest BCUT2D eigenvalue weighted by Gasteiger charge is -2.30. The van der Waals surface area contributed by atoms with E-state index in [0.717, 1.165) is 30.8 Å². The van der Waals surface area contributed by atoms with Gasteiger partial charge >= 0.3 is 0 Å². The molecule has 1 unspecified atom stereocenters. The van der Waals surface area contributed by atoms with Gasteiger partial charge in [0.05, 0.1) is 5.69 Å². The monoisotopic (exact) mass is 389 g/mol. The number of hydrogen-bond donors (Lipinski definition) is 0. The van der Waals surface area contributed by atoms with Crippen molar-refractivity contribution >= 4 is 28.6 Å². The van der Waals surface area contributed by atoms with E-state index in [1.165, 1.54) is 27.1 Å². The SMILES string of the molecule is C=C(C)Cn1c2c(c3ccccc31)C([11C](=O)N(CC)CC)Sc1ccccc1-2. The molecule has 0 bridgehead atoms. The van der Waals surface area contributed by atoms with Crippen LogP contribution in [0.2, 0.25) is 0 Å². The van der Waals surface area contributed by atoms with Crippen LogP contribution < -0.4 is 0 Å². The number of benzene rings is 2. The first-order valence-electron chi connectivity index (χ1n) is 9.87. The first-order valence-corrected chi connectivity index (χ1v) is 10.7. The second kappa shape index (κ2) is 7.51. The molecule has 1 aliphatic heterocycles. The lowest BCUT2D eigenvalue weighted by Crippen LogP contribution is -2.34. The number of rotatable bonds is 5. The van der Waals surface area contributed by atoms with Gasteiger partial charge in [0.2, 0.25) is 5.91 Å². The molecule has 2 heterocycles. The zero-order valence-corrected chi connectivity index (χ0v) is 17.6. The third kappa shape index (κ3) is 2.96. The fourth-order valence-corrected chi connectivity index (χ4v) is 5.46. The van der Waals surface area contributed by atoms with E-state index in [1.807, 2.05) is 18.7 Å². The highest BCUT2D eigenvalue weighted by Crippen LogP contribution is 2.53. The molecule has 0 N–H and O–H groups in total. The van der Waals surface area contributed by atoms with Crippen molar-refractivity contribution < 1.29 is 4.79 Å². The van der Waals surface area contributed by atoms with Crippen LogP contribution in [0.15, 0.2) is 65.6 Å². The van der Waals surface area contributed by atoms with Crippen LogP contribution in [0.4, 0.5) is 0 Å². The Labute approximate surface area is 171 Å². The standard InChI is InChI=1S/C24H26N2OS/c1-5-25(6-2)24(27)23-21-17-11-7-9-13-19(17)26(15-16(3)4)22(21)18-12-8-10-14-20(18)28-23/h7-14,23H,3,5-6,15H2,1-2,4H3/i24-1. The minimum atomic E-state index is -0.221. The maximum absolute atomic E-state index is 13.5. The molecule has 0 saturated carbocycles. The van der Waals surface area contributed by atoms with Crippen molar-refractivity contribution in [2.45, 2.75) is 37.5 Å². The van der Waals surface area contributed by atoms with E-state index < -0.39 is 0 Å². The molecule has 3 nitrogen and oxygen atoms in total. The van der Waals surface area contributed by atoms with Gasteiger partial charge in [0.1, 0.15) is 5.25 Å². The molecule has 0 spiro atoms. The third-order valence-electron chi connectivity index (χ3n) is 5.39. The molecule has 144 valence electrons. The Hall–Kier alpha value is -2.46. The van der Waals surface area contributed by atoms with Crippen molar-refractivity contribution in [3.63, 3.8) is 0 Å². The number of allylic oxidation sites excluding steroid dienone is 1. The van der Waals surface area contributed by atoms with Crippen molar-refractivity contribution in [3.8, 4) is 11.3 Å². The highest BCUT2D eigenvalue weighted by Gasteiger charge is 2.36. The lowest BCUT2D eigenvalue weighted by molar-refractivity contribution is -0.130. The van der Waals surface area contributed by atoms with Gasteiger partial charge in [0.25, 0.3) is 0 Å². The van der Waals surface area contributed by atoms with Gasteiger partial charge in [0, 0.05) is 46.6 Å². The number of hydrogen-bond acceptors (Lipinski definition) is 2. The van der Waals surface area contributed by atoms with Crippen LogP contribution in [-0.4, -0.2) is 28.5 Å². The predicted molar refractivity (Wildman–Crippen MR) is 119 cm³/mol. The number of likely N-dealkylation sites (N-methyl/N-ethyl adjacent to an activating group) is 1. The largest absolute Gasteiger partial charge is 0.342 e. The second-order valence-corrected chi connectivity index (χ2v) is 8.47. The van der Waals surface area contributed by atoms with Crippen LogP contribution in [0.1, 0.15) is 31.6 Å². The summed E-state index contributed by atoms with van der Waals surface area (Å²) in [5.74, 6) is 0.198. The molecular weight excluding hydrogens is 363 g/mol. The molecule has 0 radical (unpaired) electrons. The first-order chi connectivity index (χ1) is 13.6. The summed E-state index contributed by atoms with van der Waals surface area (Å²) in [6.45, 7) is 12.5. The maximum Gasteiger partial charge on any atom is 0.240 e. The molecule has 1 amide bonds. The number of amides is 1. The van der Waals surface area contributed by atoms with Gasteiger partial charge in [-0.05, 0) is 32.9 Å². The van der Waals surface area contributed by atoms with Crippen LogP contribution in [0.3, 0.4) is 0 Å². The zero-order chi connectivity index (χ0) is 19.8. The molecule has 1 aliphatic rings. The summed E-state index contributed by atoms with van der Waals surface area (Å²) in [5, 5.41) is 0.951. The average Bonchev–Trinajstić information content (AvgIpc) is 3.02. The van der Waals surface area contributed by atoms with Crippen LogP contribution in [0, 0.1) is 0 Å². The summed E-state index contributed by atoms with van der Waals surface area (Å²) < 4.78 is 2.34. The Kier molecular flexibility index (Phi) is 5.07. The van der Waals surface area contributed by atoms with Crippen molar-refractivity contribution in [1.29, 1.82) is 0 Å². The summed E-state index contributed by atoms with van der Waals surface area (Å²) in [7, 11) is 0. The van der Waals surface area contributed by atoms with E-state index in [2.05, 4.69) is 66.6 Å². The number of fused-ring (bicyclic) bond motifs is 5. The van der Waals surface area contributed by atoms with Crippen molar-refractivity contribution in [2.24, 2.45) is 0 Å². The van der Waals surface area contributed by atoms with Crippen molar-refractivity contribution in [1.82, 2.24) is 9.47 Å². The number of para-hydroxylation sites is 1. The van der Waals surface area contributed by atoms with Crippen molar-refractivity contribution in [3.05, 3.63) is 66.2 Å². The molecule has 0 aliphatic carbocycles. The molecule has 1 atom stereocenters. The highest BCUT2D eigenvalue weighted by molar-refractivity contribution is 8.00. The normalized spacial score (nSPS) is 15.2. The minimum Gasteiger partial charge on any atom is -0.342 e. The third-order valence-corrected chi connectivity index (χ3v) is 6.67. The Balaban J connectivity index is 2.03. The Morgan fingerprint density at radius 1 is 1.11 bits per heavy atom. The van der Waals surface area contributed by atoms with E-state index >= 15 is 0 Å². The quantitative estimate of drug-likeness (QED) is 0.508. The Morgan fingerprint density at radius 3 is 2.50 bits per heavy atom. The van der Waals surface area contributed by atoms with Gasteiger partial charge in [-0.3, -0.25) is 4.79 Å². The van der Waals surface area contributed by atoms with Gasteiger partial charge < -0.3 is 9.47 Å². The van der Waals surface area contributed by atoms with E-state index in [4.69, 9.17) is 0 Å². The summed E-state index contributed by atoms with van der Waals surface area (Å²) in [4.78, 5) is 16.6. The smallest absolute Gasteiger partial charge is 0.240 e. The molecule has 3 aromatic rings. The van der Waals surface area contributed by atoms with Gasteiger partial charge in [-0.15, -0.1) is 11.8 Å². The van der Waals surface area contributed by atoms with Crippen molar-refractivity contribution in [2.75, 3.05) is 13.1 Å². The molecule has 4 rings (SSSR count). The first kappa shape index (κ1) is 18.9. The topological polar surface area (TPSA) is 25.2 Å². The lowest BCUT2D eigenvalue weighted by atomic mass is 9.83. The van der Waals surface area contributed by atoms with Gasteiger partial charge in [-0.1, -0.05) is 48.6 Å². The van der Waals surface area contributed by atoms with E-state index in [1.54, 1.807) is 11.8 Å². The number of carbonyl (C=O) groups is 1. The van der Waals surface area contributed by atoms with Gasteiger partial charge in [-0.25, -0.2) is 0 Å². The number of thioether (sulfide) groups is 1. The summed E-state index contributed by atoms with van der Waals surface area (Å²) in [6, 6.07) is 16.9. The summed E-state index contributed by atoms with van der Waals surface area (Å²) in [6.07, 6.45) is 0. The van der Waals surface area contributed by atoms with Crippen LogP contribution in [0.25, 0.3) is 22.2 Å².